The fraction of sp³-hybridized carbons (Fsp3) is 0.167. The van der Waals surface area contributed by atoms with Crippen LogP contribution in [0.15, 0.2) is 48.7 Å². The highest BCUT2D eigenvalue weighted by molar-refractivity contribution is 7.87. The summed E-state index contributed by atoms with van der Waals surface area (Å²) in [5.74, 6) is 0.288. The second-order valence-corrected chi connectivity index (χ2v) is 7.45. The van der Waals surface area contributed by atoms with Gasteiger partial charge < -0.3 is 4.18 Å². The third kappa shape index (κ3) is 3.65. The van der Waals surface area contributed by atoms with E-state index in [1.54, 1.807) is 36.5 Å². The van der Waals surface area contributed by atoms with E-state index in [0.29, 0.717) is 22.6 Å². The van der Waals surface area contributed by atoms with Crippen molar-refractivity contribution < 1.29 is 17.4 Å². The second-order valence-electron chi connectivity index (χ2n) is 5.59. The maximum Gasteiger partial charge on any atom is 0.310 e. The number of hydrogen-bond acceptors (Lipinski definition) is 6. The molecule has 0 N–H and O–H groups in total. The van der Waals surface area contributed by atoms with E-state index in [9.17, 15) is 13.2 Å². The van der Waals surface area contributed by atoms with E-state index in [4.69, 9.17) is 4.18 Å². The minimum atomic E-state index is -3.74. The molecule has 0 unspecified atom stereocenters. The highest BCUT2D eigenvalue weighted by Crippen LogP contribution is 2.29. The highest BCUT2D eigenvalue weighted by Gasteiger charge is 2.19. The summed E-state index contributed by atoms with van der Waals surface area (Å²) in [5.41, 5.74) is 2.59. The van der Waals surface area contributed by atoms with Gasteiger partial charge in [-0.15, -0.1) is 0 Å². The Labute approximate surface area is 151 Å². The van der Waals surface area contributed by atoms with Crippen LogP contribution in [-0.2, 0) is 10.1 Å². The predicted octanol–water partition coefficient (Wildman–Crippen LogP) is 2.78. The normalized spacial score (nSPS) is 11.3. The van der Waals surface area contributed by atoms with Gasteiger partial charge in [-0.1, -0.05) is 18.2 Å². The van der Waals surface area contributed by atoms with Crippen molar-refractivity contribution >= 4 is 16.4 Å². The Balaban J connectivity index is 2.17. The number of hydrogen-bond donors (Lipinski definition) is 0. The molecule has 0 bridgehead atoms. The first kappa shape index (κ1) is 17.8. The molecule has 0 aliphatic heterocycles. The predicted molar refractivity (Wildman–Crippen MR) is 97.0 cm³/mol. The van der Waals surface area contributed by atoms with Gasteiger partial charge in [0.05, 0.1) is 11.4 Å². The van der Waals surface area contributed by atoms with Crippen LogP contribution in [0.2, 0.25) is 0 Å². The number of nitrogens with zero attached hydrogens (tertiary/aromatic N) is 3. The van der Waals surface area contributed by atoms with Crippen molar-refractivity contribution in [2.24, 2.45) is 0 Å². The maximum atomic E-state index is 11.9. The van der Waals surface area contributed by atoms with E-state index in [1.165, 1.54) is 17.7 Å². The molecule has 0 aliphatic rings. The molecule has 0 radical (unpaired) electrons. The van der Waals surface area contributed by atoms with Crippen LogP contribution in [0.5, 0.6) is 5.88 Å². The van der Waals surface area contributed by atoms with Crippen LogP contribution in [0.4, 0.5) is 0 Å². The summed E-state index contributed by atoms with van der Waals surface area (Å²) < 4.78 is 30.4. The number of benzene rings is 1. The summed E-state index contributed by atoms with van der Waals surface area (Å²) in [5, 5.41) is 4.45. The Bertz CT molecular complexity index is 1040. The van der Waals surface area contributed by atoms with Crippen molar-refractivity contribution in [2.75, 3.05) is 5.75 Å². The number of rotatable bonds is 6. The van der Waals surface area contributed by atoms with Gasteiger partial charge >= 0.3 is 10.1 Å². The molecule has 0 atom stereocenters. The summed E-state index contributed by atoms with van der Waals surface area (Å²) >= 11 is 0. The topological polar surface area (TPSA) is 91.2 Å². The van der Waals surface area contributed by atoms with Crippen LogP contribution in [-0.4, -0.2) is 35.2 Å². The molecule has 0 aliphatic carbocycles. The fourth-order valence-electron chi connectivity index (χ4n) is 2.38. The molecule has 0 amide bonds. The van der Waals surface area contributed by atoms with Gasteiger partial charge in [0.2, 0.25) is 5.88 Å². The zero-order valence-corrected chi connectivity index (χ0v) is 15.1. The third-order valence-corrected chi connectivity index (χ3v) is 4.91. The molecule has 2 heterocycles. The van der Waals surface area contributed by atoms with E-state index in [-0.39, 0.29) is 11.6 Å². The summed E-state index contributed by atoms with van der Waals surface area (Å²) in [6, 6.07) is 11.9. The molecule has 0 fully saturated rings. The summed E-state index contributed by atoms with van der Waals surface area (Å²) in [7, 11) is -3.74. The lowest BCUT2D eigenvalue weighted by Crippen LogP contribution is -2.14. The van der Waals surface area contributed by atoms with Crippen molar-refractivity contribution in [3.63, 3.8) is 0 Å². The molecule has 1 aromatic carbocycles. The lowest BCUT2D eigenvalue weighted by Gasteiger charge is -2.07. The van der Waals surface area contributed by atoms with Crippen molar-refractivity contribution in [2.45, 2.75) is 13.8 Å². The minimum Gasteiger partial charge on any atom is -0.361 e. The van der Waals surface area contributed by atoms with Crippen LogP contribution in [0.1, 0.15) is 22.8 Å². The number of pyridine rings is 1. The molecule has 0 saturated heterocycles. The first-order valence-corrected chi connectivity index (χ1v) is 9.51. The molecule has 3 aromatic rings. The zero-order valence-electron chi connectivity index (χ0n) is 14.3. The number of aldehydes is 1. The van der Waals surface area contributed by atoms with Gasteiger partial charge in [0.15, 0.2) is 5.82 Å². The van der Waals surface area contributed by atoms with Crippen LogP contribution in [0.25, 0.3) is 17.1 Å². The van der Waals surface area contributed by atoms with Gasteiger partial charge in [-0.05, 0) is 37.6 Å². The average Bonchev–Trinajstić information content (AvgIpc) is 3.05. The first-order valence-electron chi connectivity index (χ1n) is 7.93. The van der Waals surface area contributed by atoms with E-state index in [0.717, 1.165) is 11.8 Å². The van der Waals surface area contributed by atoms with Crippen LogP contribution >= 0.6 is 0 Å². The van der Waals surface area contributed by atoms with E-state index < -0.39 is 10.1 Å². The Morgan fingerprint density at radius 1 is 1.19 bits per heavy atom. The van der Waals surface area contributed by atoms with Gasteiger partial charge in [0.1, 0.15) is 6.29 Å². The van der Waals surface area contributed by atoms with Crippen LogP contribution < -0.4 is 4.18 Å². The lowest BCUT2D eigenvalue weighted by molar-refractivity contribution is 0.112. The number of carbonyl (C=O) groups is 1. The van der Waals surface area contributed by atoms with Gasteiger partial charge in [-0.25, -0.2) is 4.98 Å². The molecule has 7 nitrogen and oxygen atoms in total. The molecule has 26 heavy (non-hydrogen) atoms. The number of carbonyl (C=O) groups excluding carboxylic acids is 1. The standard InChI is InChI=1S/C18H17N3O4S/c1-3-26(23,24)25-18-11-16(15-10-14(12-22)8-7-13(15)2)20-21(18)17-6-4-5-9-19-17/h4-12H,3H2,1-2H3. The van der Waals surface area contributed by atoms with Crippen molar-refractivity contribution in [3.05, 3.63) is 59.8 Å². The lowest BCUT2D eigenvalue weighted by atomic mass is 10.0. The molecule has 0 saturated carbocycles. The van der Waals surface area contributed by atoms with Crippen molar-refractivity contribution in [3.8, 4) is 23.0 Å². The Morgan fingerprint density at radius 3 is 2.65 bits per heavy atom. The second kappa shape index (κ2) is 7.09. The highest BCUT2D eigenvalue weighted by atomic mass is 32.2. The molecule has 8 heteroatoms. The molecular weight excluding hydrogens is 354 g/mol. The summed E-state index contributed by atoms with van der Waals surface area (Å²) in [6.07, 6.45) is 2.32. The van der Waals surface area contributed by atoms with Gasteiger partial charge in [0.25, 0.3) is 0 Å². The zero-order chi connectivity index (χ0) is 18.7. The average molecular weight is 371 g/mol. The molecular formula is C18H17N3O4S. The van der Waals surface area contributed by atoms with Crippen LogP contribution in [0, 0.1) is 6.92 Å². The smallest absolute Gasteiger partial charge is 0.310 e. The number of aryl methyl sites for hydroxylation is 1. The van der Waals surface area contributed by atoms with E-state index in [1.807, 2.05) is 13.0 Å². The van der Waals surface area contributed by atoms with E-state index in [2.05, 4.69) is 10.1 Å². The van der Waals surface area contributed by atoms with Crippen molar-refractivity contribution in [1.82, 2.24) is 14.8 Å². The molecule has 134 valence electrons. The largest absolute Gasteiger partial charge is 0.361 e. The van der Waals surface area contributed by atoms with Gasteiger partial charge in [0, 0.05) is 23.4 Å². The molecule has 2 aromatic heterocycles. The maximum absolute atomic E-state index is 11.9. The Hall–Kier alpha value is -3.00. The van der Waals surface area contributed by atoms with Gasteiger partial charge in [-0.3, -0.25) is 4.79 Å². The Morgan fingerprint density at radius 2 is 2.00 bits per heavy atom. The minimum absolute atomic E-state index is 0.0384. The monoisotopic (exact) mass is 371 g/mol. The number of aromatic nitrogens is 3. The first-order chi connectivity index (χ1) is 12.4. The van der Waals surface area contributed by atoms with Crippen molar-refractivity contribution in [1.29, 1.82) is 0 Å². The van der Waals surface area contributed by atoms with E-state index >= 15 is 0 Å². The fourth-order valence-corrected chi connectivity index (χ4v) is 2.87. The Kier molecular flexibility index (Phi) is 4.85. The summed E-state index contributed by atoms with van der Waals surface area (Å²) in [4.78, 5) is 15.3. The third-order valence-electron chi connectivity index (χ3n) is 3.78. The summed E-state index contributed by atoms with van der Waals surface area (Å²) in [6.45, 7) is 3.38. The van der Waals surface area contributed by atoms with Gasteiger partial charge in [-0.2, -0.15) is 18.2 Å². The quantitative estimate of drug-likeness (QED) is 0.489. The molecule has 3 rings (SSSR count). The molecule has 0 spiro atoms. The van der Waals surface area contributed by atoms with Crippen LogP contribution in [0.3, 0.4) is 0 Å². The SMILES string of the molecule is CCS(=O)(=O)Oc1cc(-c2cc(C=O)ccc2C)nn1-c1ccccn1.